The van der Waals surface area contributed by atoms with Crippen molar-refractivity contribution in [2.45, 2.75) is 56.2 Å². The first-order valence-electron chi connectivity index (χ1n) is 10.9. The van der Waals surface area contributed by atoms with Gasteiger partial charge < -0.3 is 30.3 Å². The number of carbonyl (C=O) groups is 3. The lowest BCUT2D eigenvalue weighted by molar-refractivity contribution is -0.126. The summed E-state index contributed by atoms with van der Waals surface area (Å²) >= 11 is 0. The Bertz CT molecular complexity index is 1020. The monoisotopic (exact) mass is 500 g/mol. The molecule has 2 fully saturated rings. The van der Waals surface area contributed by atoms with Crippen LogP contribution in [0.2, 0.25) is 0 Å². The van der Waals surface area contributed by atoms with Crippen LogP contribution >= 0.6 is 0 Å². The third-order valence-electron chi connectivity index (χ3n) is 5.80. The highest BCUT2D eigenvalue weighted by Gasteiger charge is 2.37. The van der Waals surface area contributed by atoms with E-state index in [2.05, 4.69) is 16.0 Å². The first kappa shape index (κ1) is 25.8. The molecule has 13 heteroatoms. The van der Waals surface area contributed by atoms with Crippen molar-refractivity contribution in [2.24, 2.45) is 11.8 Å². The molecule has 3 rings (SSSR count). The fraction of sp³-hybridized carbons (Fsp3) is 0.571. The number of aliphatic hydroxyl groups is 1. The molecule has 1 saturated carbocycles. The van der Waals surface area contributed by atoms with Crippen LogP contribution in [0.3, 0.4) is 0 Å². The summed E-state index contributed by atoms with van der Waals surface area (Å²) in [6, 6.07) is 2.76. The van der Waals surface area contributed by atoms with E-state index in [1.807, 2.05) is 0 Å². The van der Waals surface area contributed by atoms with Crippen molar-refractivity contribution in [1.29, 1.82) is 0 Å². The number of hydrogen-bond acceptors (Lipinski definition) is 8. The zero-order chi connectivity index (χ0) is 24.9. The van der Waals surface area contributed by atoms with E-state index in [1.54, 1.807) is 6.07 Å². The van der Waals surface area contributed by atoms with Gasteiger partial charge in [-0.15, -0.1) is 0 Å². The van der Waals surface area contributed by atoms with Crippen LogP contribution in [0.25, 0.3) is 0 Å². The Morgan fingerprint density at radius 3 is 2.56 bits per heavy atom. The van der Waals surface area contributed by atoms with Crippen LogP contribution in [-0.2, 0) is 31.1 Å². The van der Waals surface area contributed by atoms with Crippen molar-refractivity contribution in [3.63, 3.8) is 0 Å². The second-order valence-corrected chi connectivity index (χ2v) is 10.1. The van der Waals surface area contributed by atoms with Crippen LogP contribution < -0.4 is 16.0 Å². The zero-order valence-electron chi connectivity index (χ0n) is 18.2. The summed E-state index contributed by atoms with van der Waals surface area (Å²) in [5.41, 5.74) is -2.07. The van der Waals surface area contributed by atoms with Crippen LogP contribution in [0, 0.1) is 17.7 Å². The van der Waals surface area contributed by atoms with E-state index in [9.17, 15) is 36.9 Å². The summed E-state index contributed by atoms with van der Waals surface area (Å²) in [5, 5.41) is 17.3. The molecule has 11 nitrogen and oxygen atoms in total. The third-order valence-corrected chi connectivity index (χ3v) is 6.72. The van der Waals surface area contributed by atoms with Crippen molar-refractivity contribution >= 4 is 28.0 Å². The van der Waals surface area contributed by atoms with Crippen molar-refractivity contribution in [2.75, 3.05) is 6.54 Å². The minimum absolute atomic E-state index is 0.159. The second-order valence-electron chi connectivity index (χ2n) is 8.59. The maximum absolute atomic E-state index is 13.3. The van der Waals surface area contributed by atoms with Crippen LogP contribution in [0.5, 0.6) is 0 Å². The fourth-order valence-corrected chi connectivity index (χ4v) is 4.37. The summed E-state index contributed by atoms with van der Waals surface area (Å²) in [7, 11) is -5.19. The highest BCUT2D eigenvalue weighted by molar-refractivity contribution is 7.86. The molecule has 0 aromatic heterocycles. The normalized spacial score (nSPS) is 20.7. The van der Waals surface area contributed by atoms with Gasteiger partial charge in [0.2, 0.25) is 11.8 Å². The van der Waals surface area contributed by atoms with Crippen molar-refractivity contribution < 1.29 is 41.6 Å². The maximum Gasteiger partial charge on any atom is 0.408 e. The van der Waals surface area contributed by atoms with Gasteiger partial charge in [-0.1, -0.05) is 25.0 Å². The number of rotatable bonds is 11. The lowest BCUT2D eigenvalue weighted by Crippen LogP contribution is -2.54. The lowest BCUT2D eigenvalue weighted by atomic mass is 9.98. The number of ether oxygens (including phenoxy) is 1. The average Bonchev–Trinajstić information content (AvgIpc) is 3.50. The number of halogens is 1. The predicted molar refractivity (Wildman–Crippen MR) is 114 cm³/mol. The van der Waals surface area contributed by atoms with Gasteiger partial charge in [0.15, 0.2) is 5.44 Å². The quantitative estimate of drug-likeness (QED) is 0.309. The molecule has 4 N–H and O–H groups in total. The molecule has 34 heavy (non-hydrogen) atoms. The van der Waals surface area contributed by atoms with Crippen LogP contribution in [-0.4, -0.2) is 60.0 Å². The summed E-state index contributed by atoms with van der Waals surface area (Å²) in [4.78, 5) is 37.1. The van der Waals surface area contributed by atoms with E-state index >= 15 is 0 Å². The summed E-state index contributed by atoms with van der Waals surface area (Å²) in [6.45, 7) is 0.112. The van der Waals surface area contributed by atoms with Gasteiger partial charge in [0.1, 0.15) is 28.6 Å². The van der Waals surface area contributed by atoms with Crippen LogP contribution in [0.1, 0.15) is 37.7 Å². The van der Waals surface area contributed by atoms with E-state index in [1.165, 1.54) is 18.2 Å². The second kappa shape index (κ2) is 11.1. The van der Waals surface area contributed by atoms with Gasteiger partial charge in [0, 0.05) is 12.5 Å². The molecule has 3 amide bonds. The van der Waals surface area contributed by atoms with Gasteiger partial charge in [-0.3, -0.25) is 9.59 Å². The number of amides is 3. The van der Waals surface area contributed by atoms with Crippen molar-refractivity contribution in [3.05, 3.63) is 35.6 Å². The molecular weight excluding hydrogens is 473 g/mol. The largest absolute Gasteiger partial charge is 0.746 e. The molecule has 1 aliphatic carbocycles. The van der Waals surface area contributed by atoms with E-state index in [4.69, 9.17) is 4.74 Å². The van der Waals surface area contributed by atoms with Crippen molar-refractivity contribution in [3.8, 4) is 0 Å². The van der Waals surface area contributed by atoms with E-state index in [0.717, 1.165) is 12.8 Å². The Kier molecular flexibility index (Phi) is 8.44. The van der Waals surface area contributed by atoms with Gasteiger partial charge in [-0.25, -0.2) is 17.6 Å². The summed E-state index contributed by atoms with van der Waals surface area (Å²) in [5.74, 6) is -2.22. The topological polar surface area (TPSA) is 174 Å². The third kappa shape index (κ3) is 7.64. The Labute approximate surface area is 196 Å². The first-order chi connectivity index (χ1) is 16.0. The van der Waals surface area contributed by atoms with Gasteiger partial charge in [-0.2, -0.15) is 0 Å². The first-order valence-corrected chi connectivity index (χ1v) is 12.4. The molecule has 2 aliphatic rings. The van der Waals surface area contributed by atoms with Gasteiger partial charge in [0.05, 0.1) is 6.04 Å². The molecule has 0 spiro atoms. The Morgan fingerprint density at radius 1 is 1.24 bits per heavy atom. The Morgan fingerprint density at radius 2 is 1.97 bits per heavy atom. The van der Waals surface area contributed by atoms with Crippen molar-refractivity contribution in [1.82, 2.24) is 16.0 Å². The number of nitrogens with one attached hydrogen (secondary N) is 3. The molecule has 1 aliphatic heterocycles. The van der Waals surface area contributed by atoms with Crippen LogP contribution in [0.4, 0.5) is 9.18 Å². The van der Waals surface area contributed by atoms with Crippen LogP contribution in [0.15, 0.2) is 24.3 Å². The average molecular weight is 501 g/mol. The summed E-state index contributed by atoms with van der Waals surface area (Å²) in [6.07, 6.45) is 1.05. The van der Waals surface area contributed by atoms with E-state index in [0.29, 0.717) is 18.5 Å². The SMILES string of the molecule is O=C(N[C@@H](CC1CC1)C(=O)N[C@@H](C[C@@H]1CCNC1=O)C(O)S(=O)(=O)[O-])OCc1cccc(F)c1. The lowest BCUT2D eigenvalue weighted by Gasteiger charge is -2.29. The molecular formula is C21H27FN3O8S-. The molecule has 0 radical (unpaired) electrons. The Balaban J connectivity index is 1.65. The number of carbonyl (C=O) groups excluding carboxylic acids is 3. The molecule has 1 saturated heterocycles. The van der Waals surface area contributed by atoms with E-state index in [-0.39, 0.29) is 31.3 Å². The zero-order valence-corrected chi connectivity index (χ0v) is 19.1. The fourth-order valence-electron chi connectivity index (χ4n) is 3.79. The maximum atomic E-state index is 13.3. The number of hydrogen-bond donors (Lipinski definition) is 4. The summed E-state index contributed by atoms with van der Waals surface area (Å²) < 4.78 is 52.6. The standard InChI is InChI=1S/C21H28FN3O8S/c22-15-3-1-2-13(8-15)11-33-21(29)25-16(9-12-4-5-12)19(27)24-17(20(28)34(30,31)32)10-14-6-7-23-18(14)26/h1-3,8,12,14,16-17,20,28H,4-7,9-11H2,(H,23,26)(H,24,27)(H,25,29)(H,30,31,32)/p-1/t14-,16-,17-,20?/m0/s1. The highest BCUT2D eigenvalue weighted by atomic mass is 32.2. The van der Waals surface area contributed by atoms with Gasteiger partial charge >= 0.3 is 6.09 Å². The van der Waals surface area contributed by atoms with E-state index < -0.39 is 51.4 Å². The minimum Gasteiger partial charge on any atom is -0.746 e. The molecule has 0 bridgehead atoms. The number of alkyl carbamates (subject to hydrolysis) is 1. The molecule has 4 atom stereocenters. The van der Waals surface area contributed by atoms with Gasteiger partial charge in [0.25, 0.3) is 0 Å². The number of benzene rings is 1. The highest BCUT2D eigenvalue weighted by Crippen LogP contribution is 2.33. The molecule has 1 aromatic rings. The molecule has 1 unspecified atom stereocenters. The predicted octanol–water partition coefficient (Wildman–Crippen LogP) is 0.0952. The van der Waals surface area contributed by atoms with Gasteiger partial charge in [-0.05, 0) is 42.9 Å². The minimum atomic E-state index is -5.19. The number of aliphatic hydroxyl groups excluding tert-OH is 1. The molecule has 1 aromatic carbocycles. The molecule has 1 heterocycles. The Hall–Kier alpha value is -2.77. The molecule has 188 valence electrons. The smallest absolute Gasteiger partial charge is 0.408 e.